The van der Waals surface area contributed by atoms with E-state index >= 15 is 0 Å². The molecular weight excluding hydrogens is 304 g/mol. The van der Waals surface area contributed by atoms with Crippen molar-refractivity contribution >= 4 is 22.5 Å². The first-order chi connectivity index (χ1) is 11.6. The Morgan fingerprint density at radius 3 is 2.75 bits per heavy atom. The minimum absolute atomic E-state index is 0.0138. The maximum atomic E-state index is 12.7. The van der Waals surface area contributed by atoms with Crippen LogP contribution < -0.4 is 10.9 Å². The van der Waals surface area contributed by atoms with Crippen molar-refractivity contribution in [1.82, 2.24) is 19.5 Å². The van der Waals surface area contributed by atoms with Gasteiger partial charge >= 0.3 is 0 Å². The third-order valence-electron chi connectivity index (χ3n) is 4.22. The zero-order valence-electron chi connectivity index (χ0n) is 14.2. The van der Waals surface area contributed by atoms with Crippen molar-refractivity contribution in [2.24, 2.45) is 0 Å². The summed E-state index contributed by atoms with van der Waals surface area (Å²) in [5.74, 6) is -0.0138. The van der Waals surface area contributed by atoms with Gasteiger partial charge in [0, 0.05) is 23.7 Å². The molecule has 24 heavy (non-hydrogen) atoms. The summed E-state index contributed by atoms with van der Waals surface area (Å²) in [7, 11) is 0. The highest BCUT2D eigenvalue weighted by atomic mass is 16.2. The Morgan fingerprint density at radius 1 is 1.29 bits per heavy atom. The summed E-state index contributed by atoms with van der Waals surface area (Å²) in [4.78, 5) is 28.7. The largest absolute Gasteiger partial charge is 0.354 e. The van der Waals surface area contributed by atoms with E-state index in [0.717, 1.165) is 23.0 Å². The molecule has 1 atom stereocenters. The molecule has 0 bridgehead atoms. The van der Waals surface area contributed by atoms with Gasteiger partial charge in [-0.25, -0.2) is 4.52 Å². The van der Waals surface area contributed by atoms with Crippen LogP contribution in [0.3, 0.4) is 0 Å². The van der Waals surface area contributed by atoms with Crippen LogP contribution in [-0.2, 0) is 4.79 Å². The van der Waals surface area contributed by atoms with Crippen LogP contribution in [0.15, 0.2) is 35.1 Å². The first kappa shape index (κ1) is 16.2. The molecule has 0 aliphatic carbocycles. The molecule has 1 aromatic carbocycles. The molecule has 2 aromatic heterocycles. The Balaban J connectivity index is 2.32. The highest BCUT2D eigenvalue weighted by Gasteiger charge is 2.24. The summed E-state index contributed by atoms with van der Waals surface area (Å²) < 4.78 is 3.84. The molecule has 0 spiro atoms. The van der Waals surface area contributed by atoms with Crippen molar-refractivity contribution < 1.29 is 4.79 Å². The summed E-state index contributed by atoms with van der Waals surface area (Å²) in [6, 6.07) is 8.88. The van der Waals surface area contributed by atoms with E-state index in [1.54, 1.807) is 0 Å². The third kappa shape index (κ3) is 2.58. The number of benzene rings is 1. The maximum absolute atomic E-state index is 12.7. The summed E-state index contributed by atoms with van der Waals surface area (Å²) in [5.41, 5.74) is 2.00. The number of rotatable bonds is 5. The van der Waals surface area contributed by atoms with Gasteiger partial charge in [0.15, 0.2) is 5.65 Å². The first-order valence-corrected chi connectivity index (χ1v) is 8.35. The number of amides is 1. The van der Waals surface area contributed by atoms with Crippen LogP contribution in [0.2, 0.25) is 0 Å². The fourth-order valence-corrected chi connectivity index (χ4v) is 3.15. The topological polar surface area (TPSA) is 68.4 Å². The number of carbonyl (C=O) groups excluding carboxylic acids is 1. The van der Waals surface area contributed by atoms with Gasteiger partial charge in [-0.05, 0) is 31.9 Å². The van der Waals surface area contributed by atoms with Crippen LogP contribution in [0, 0.1) is 6.92 Å². The summed E-state index contributed by atoms with van der Waals surface area (Å²) in [6.45, 7) is 6.53. The zero-order chi connectivity index (χ0) is 17.3. The van der Waals surface area contributed by atoms with Crippen LogP contribution in [-0.4, -0.2) is 26.6 Å². The van der Waals surface area contributed by atoms with Crippen molar-refractivity contribution in [2.45, 2.75) is 39.7 Å². The molecule has 0 aliphatic rings. The molecule has 2 heterocycles. The SMILES string of the molecule is CCCNC(=O)[C@@H](CC)n1c2ccccc2c2nc(=O)cc(C)n21. The zero-order valence-corrected chi connectivity index (χ0v) is 14.2. The van der Waals surface area contributed by atoms with Crippen LogP contribution in [0.1, 0.15) is 38.4 Å². The van der Waals surface area contributed by atoms with Crippen molar-refractivity contribution in [3.05, 3.63) is 46.4 Å². The molecule has 6 heteroatoms. The number of aromatic nitrogens is 3. The lowest BCUT2D eigenvalue weighted by Crippen LogP contribution is -2.34. The highest BCUT2D eigenvalue weighted by Crippen LogP contribution is 2.26. The molecule has 126 valence electrons. The van der Waals surface area contributed by atoms with E-state index in [4.69, 9.17) is 0 Å². The maximum Gasteiger partial charge on any atom is 0.273 e. The lowest BCUT2D eigenvalue weighted by atomic mass is 10.2. The number of fused-ring (bicyclic) bond motifs is 3. The van der Waals surface area contributed by atoms with Gasteiger partial charge in [0.25, 0.3) is 5.56 Å². The quantitative estimate of drug-likeness (QED) is 0.783. The molecule has 3 rings (SSSR count). The van der Waals surface area contributed by atoms with Gasteiger partial charge in [0.1, 0.15) is 6.04 Å². The van der Waals surface area contributed by atoms with Gasteiger partial charge in [-0.3, -0.25) is 14.3 Å². The predicted octanol–water partition coefficient (Wildman–Crippen LogP) is 2.43. The Hall–Kier alpha value is -2.63. The van der Waals surface area contributed by atoms with E-state index in [9.17, 15) is 9.59 Å². The molecule has 0 radical (unpaired) electrons. The summed E-state index contributed by atoms with van der Waals surface area (Å²) >= 11 is 0. The fourth-order valence-electron chi connectivity index (χ4n) is 3.15. The Kier molecular flexibility index (Phi) is 4.38. The molecule has 0 unspecified atom stereocenters. The minimum atomic E-state index is -0.359. The molecule has 0 fully saturated rings. The molecule has 0 aliphatic heterocycles. The third-order valence-corrected chi connectivity index (χ3v) is 4.22. The average molecular weight is 326 g/mol. The molecule has 1 N–H and O–H groups in total. The van der Waals surface area contributed by atoms with Crippen molar-refractivity contribution in [1.29, 1.82) is 0 Å². The summed E-state index contributed by atoms with van der Waals surface area (Å²) in [6.07, 6.45) is 1.54. The lowest BCUT2D eigenvalue weighted by molar-refractivity contribution is -0.124. The number of nitrogens with one attached hydrogen (secondary N) is 1. The predicted molar refractivity (Wildman–Crippen MR) is 94.3 cm³/mol. The second-order valence-electron chi connectivity index (χ2n) is 5.95. The fraction of sp³-hybridized carbons (Fsp3) is 0.389. The van der Waals surface area contributed by atoms with Crippen molar-refractivity contribution in [3.63, 3.8) is 0 Å². The van der Waals surface area contributed by atoms with Gasteiger partial charge in [-0.1, -0.05) is 26.0 Å². The van der Waals surface area contributed by atoms with E-state index in [1.807, 2.05) is 54.2 Å². The molecule has 0 saturated heterocycles. The number of hydrogen-bond donors (Lipinski definition) is 1. The van der Waals surface area contributed by atoms with E-state index in [1.165, 1.54) is 6.07 Å². The molecule has 0 saturated carbocycles. The Morgan fingerprint density at radius 2 is 2.04 bits per heavy atom. The highest BCUT2D eigenvalue weighted by molar-refractivity contribution is 5.94. The standard InChI is InChI=1S/C18H22N4O2/c1-4-10-19-18(24)14(5-2)22-15-9-7-6-8-13(15)17-20-16(23)11-12(3)21(17)22/h6-9,11,14H,4-5,10H2,1-3H3,(H,19,24)/t14-/m1/s1. The lowest BCUT2D eigenvalue weighted by Gasteiger charge is -2.20. The van der Waals surface area contributed by atoms with Gasteiger partial charge in [-0.15, -0.1) is 0 Å². The van der Waals surface area contributed by atoms with Crippen LogP contribution >= 0.6 is 0 Å². The second-order valence-corrected chi connectivity index (χ2v) is 5.95. The van der Waals surface area contributed by atoms with Gasteiger partial charge in [-0.2, -0.15) is 4.98 Å². The van der Waals surface area contributed by atoms with Crippen molar-refractivity contribution in [2.75, 3.05) is 6.54 Å². The molecular formula is C18H22N4O2. The van der Waals surface area contributed by atoms with Gasteiger partial charge in [0.2, 0.25) is 5.91 Å². The smallest absolute Gasteiger partial charge is 0.273 e. The van der Waals surface area contributed by atoms with Crippen LogP contribution in [0.25, 0.3) is 16.6 Å². The normalized spacial score (nSPS) is 12.6. The minimum Gasteiger partial charge on any atom is -0.354 e. The summed E-state index contributed by atoms with van der Waals surface area (Å²) in [5, 5.41) is 3.85. The molecule has 3 aromatic rings. The molecule has 6 nitrogen and oxygen atoms in total. The number of nitrogens with zero attached hydrogens (tertiary/aromatic N) is 3. The number of carbonyl (C=O) groups is 1. The number of aryl methyl sites for hydroxylation is 1. The Labute approximate surface area is 140 Å². The van der Waals surface area contributed by atoms with E-state index in [-0.39, 0.29) is 17.5 Å². The Bertz CT molecular complexity index is 955. The van der Waals surface area contributed by atoms with Crippen LogP contribution in [0.5, 0.6) is 0 Å². The number of hydrogen-bond acceptors (Lipinski definition) is 3. The monoisotopic (exact) mass is 326 g/mol. The van der Waals surface area contributed by atoms with Gasteiger partial charge < -0.3 is 5.32 Å². The average Bonchev–Trinajstić information content (AvgIpc) is 2.89. The van der Waals surface area contributed by atoms with Gasteiger partial charge in [0.05, 0.1) is 5.52 Å². The van der Waals surface area contributed by atoms with E-state index in [0.29, 0.717) is 18.6 Å². The van der Waals surface area contributed by atoms with Crippen LogP contribution in [0.4, 0.5) is 0 Å². The first-order valence-electron chi connectivity index (χ1n) is 8.35. The second kappa shape index (κ2) is 6.47. The van der Waals surface area contributed by atoms with Crippen molar-refractivity contribution in [3.8, 4) is 0 Å². The number of para-hydroxylation sites is 1. The van der Waals surface area contributed by atoms with E-state index in [2.05, 4.69) is 10.3 Å². The van der Waals surface area contributed by atoms with E-state index < -0.39 is 0 Å². The molecule has 1 amide bonds.